The summed E-state index contributed by atoms with van der Waals surface area (Å²) in [5.41, 5.74) is 2.54. The summed E-state index contributed by atoms with van der Waals surface area (Å²) in [6.45, 7) is 6.69. The Kier molecular flexibility index (Phi) is 4.49. The van der Waals surface area contributed by atoms with Crippen molar-refractivity contribution in [1.29, 1.82) is 0 Å². The summed E-state index contributed by atoms with van der Waals surface area (Å²) in [6, 6.07) is 4.77. The van der Waals surface area contributed by atoms with Gasteiger partial charge in [0.15, 0.2) is 5.75 Å². The molecule has 0 radical (unpaired) electrons. The quantitative estimate of drug-likeness (QED) is 0.478. The number of ether oxygens (including phenoxy) is 1. The third kappa shape index (κ3) is 3.89. The first-order valence-electron chi connectivity index (χ1n) is 5.72. The lowest BCUT2D eigenvalue weighted by atomic mass is 9.93. The van der Waals surface area contributed by atoms with Gasteiger partial charge in [0, 0.05) is 0 Å². The van der Waals surface area contributed by atoms with Crippen LogP contribution in [0.3, 0.4) is 0 Å². The van der Waals surface area contributed by atoms with Gasteiger partial charge in [0.1, 0.15) is 5.69 Å². The van der Waals surface area contributed by atoms with Crippen molar-refractivity contribution in [2.24, 2.45) is 11.3 Å². The Morgan fingerprint density at radius 2 is 2.11 bits per heavy atom. The maximum absolute atomic E-state index is 11.0. The van der Waals surface area contributed by atoms with Crippen LogP contribution in [-0.2, 0) is 0 Å². The number of nitrogens with zero attached hydrogens (tertiary/aromatic N) is 1. The smallest absolute Gasteiger partial charge is 0.335 e. The van der Waals surface area contributed by atoms with Gasteiger partial charge in [-0.3, -0.25) is 16.0 Å². The number of anilines is 1. The molecule has 18 heavy (non-hydrogen) atoms. The fraction of sp³-hybridized carbons (Fsp3) is 0.500. The number of hydrogen-bond acceptors (Lipinski definition) is 5. The molecular formula is C12H19N3O3. The van der Waals surface area contributed by atoms with E-state index in [0.29, 0.717) is 6.61 Å². The highest BCUT2D eigenvalue weighted by molar-refractivity contribution is 5.67. The monoisotopic (exact) mass is 253 g/mol. The number of nitro groups is 1. The minimum Gasteiger partial charge on any atom is -0.487 e. The molecule has 1 aromatic carbocycles. The van der Waals surface area contributed by atoms with Crippen LogP contribution in [0.2, 0.25) is 0 Å². The largest absolute Gasteiger partial charge is 0.487 e. The minimum atomic E-state index is -0.498. The van der Waals surface area contributed by atoms with E-state index in [2.05, 4.69) is 26.2 Å². The van der Waals surface area contributed by atoms with E-state index in [0.717, 1.165) is 6.42 Å². The lowest BCUT2D eigenvalue weighted by Crippen LogP contribution is -2.13. The summed E-state index contributed by atoms with van der Waals surface area (Å²) in [4.78, 5) is 10.5. The Labute approximate surface area is 106 Å². The molecule has 0 fully saturated rings. The van der Waals surface area contributed by atoms with Crippen LogP contribution >= 0.6 is 0 Å². The van der Waals surface area contributed by atoms with Crippen LogP contribution in [0.4, 0.5) is 11.4 Å². The van der Waals surface area contributed by atoms with E-state index in [1.54, 1.807) is 12.1 Å². The number of hydrogen-bond donors (Lipinski definition) is 2. The number of rotatable bonds is 5. The molecule has 0 saturated heterocycles. The molecule has 0 bridgehead atoms. The van der Waals surface area contributed by atoms with E-state index in [4.69, 9.17) is 10.6 Å². The maximum Gasteiger partial charge on any atom is 0.335 e. The van der Waals surface area contributed by atoms with Crippen molar-refractivity contribution in [3.05, 3.63) is 28.3 Å². The first-order chi connectivity index (χ1) is 8.35. The van der Waals surface area contributed by atoms with Crippen LogP contribution in [0.15, 0.2) is 18.2 Å². The molecule has 0 unspecified atom stereocenters. The highest BCUT2D eigenvalue weighted by Gasteiger charge is 2.21. The fourth-order valence-corrected chi connectivity index (χ4v) is 1.41. The summed E-state index contributed by atoms with van der Waals surface area (Å²) >= 11 is 0. The molecule has 0 amide bonds. The first kappa shape index (κ1) is 14.2. The first-order valence-corrected chi connectivity index (χ1v) is 5.72. The van der Waals surface area contributed by atoms with Crippen LogP contribution in [-0.4, -0.2) is 11.5 Å². The summed E-state index contributed by atoms with van der Waals surface area (Å²) in [5, 5.41) is 11.0. The van der Waals surface area contributed by atoms with Crippen LogP contribution in [0, 0.1) is 15.5 Å². The average Bonchev–Trinajstić information content (AvgIpc) is 2.26. The predicted octanol–water partition coefficient (Wildman–Crippen LogP) is 2.70. The van der Waals surface area contributed by atoms with Crippen molar-refractivity contribution in [1.82, 2.24) is 0 Å². The molecule has 100 valence electrons. The normalized spacial score (nSPS) is 11.1. The van der Waals surface area contributed by atoms with Crippen LogP contribution in [0.1, 0.15) is 27.2 Å². The van der Waals surface area contributed by atoms with E-state index in [1.165, 1.54) is 6.07 Å². The van der Waals surface area contributed by atoms with Crippen LogP contribution < -0.4 is 16.0 Å². The molecule has 1 aromatic rings. The Hall–Kier alpha value is -1.82. The Morgan fingerprint density at radius 1 is 1.44 bits per heavy atom. The van der Waals surface area contributed by atoms with E-state index in [9.17, 15) is 10.1 Å². The maximum atomic E-state index is 11.0. The number of benzene rings is 1. The van der Waals surface area contributed by atoms with E-state index in [1.807, 2.05) is 0 Å². The van der Waals surface area contributed by atoms with Crippen molar-refractivity contribution in [3.63, 3.8) is 0 Å². The summed E-state index contributed by atoms with van der Waals surface area (Å²) in [5.74, 6) is 5.48. The van der Waals surface area contributed by atoms with Gasteiger partial charge < -0.3 is 10.2 Å². The molecule has 3 N–H and O–H groups in total. The molecule has 1 rings (SSSR count). The second-order valence-corrected chi connectivity index (χ2v) is 5.21. The summed E-state index contributed by atoms with van der Waals surface area (Å²) in [7, 11) is 0. The zero-order chi connectivity index (χ0) is 13.8. The van der Waals surface area contributed by atoms with E-state index in [-0.39, 0.29) is 22.5 Å². The zero-order valence-electron chi connectivity index (χ0n) is 10.9. The van der Waals surface area contributed by atoms with Crippen LogP contribution in [0.25, 0.3) is 0 Å². The van der Waals surface area contributed by atoms with Crippen molar-refractivity contribution in [2.45, 2.75) is 27.2 Å². The minimum absolute atomic E-state index is 0.124. The highest BCUT2D eigenvalue weighted by atomic mass is 16.6. The van der Waals surface area contributed by atoms with Crippen molar-refractivity contribution >= 4 is 11.4 Å². The van der Waals surface area contributed by atoms with Gasteiger partial charge in [0.25, 0.3) is 0 Å². The number of nitrogens with one attached hydrogen (secondary N) is 1. The molecule has 0 aliphatic rings. The Morgan fingerprint density at radius 3 is 2.61 bits per heavy atom. The second-order valence-electron chi connectivity index (χ2n) is 5.21. The zero-order valence-corrected chi connectivity index (χ0v) is 10.9. The standard InChI is InChI=1S/C12H19N3O3/c1-12(2,3)7-8-18-10-6-4-5-9(14-13)11(10)15(16)17/h4-6,14H,7-8,13H2,1-3H3. The Balaban J connectivity index is 2.85. The number of nitrogen functional groups attached to an aromatic ring is 1. The van der Waals surface area contributed by atoms with Gasteiger partial charge in [-0.25, -0.2) is 0 Å². The van der Waals surface area contributed by atoms with Gasteiger partial charge in [-0.15, -0.1) is 0 Å². The van der Waals surface area contributed by atoms with E-state index >= 15 is 0 Å². The van der Waals surface area contributed by atoms with E-state index < -0.39 is 4.92 Å². The topological polar surface area (TPSA) is 90.4 Å². The number of hydrazine groups is 1. The lowest BCUT2D eigenvalue weighted by molar-refractivity contribution is -0.385. The molecule has 0 saturated carbocycles. The molecule has 0 spiro atoms. The lowest BCUT2D eigenvalue weighted by Gasteiger charge is -2.18. The third-order valence-electron chi connectivity index (χ3n) is 2.45. The average molecular weight is 253 g/mol. The van der Waals surface area contributed by atoms with Crippen molar-refractivity contribution in [2.75, 3.05) is 12.0 Å². The SMILES string of the molecule is CC(C)(C)CCOc1cccc(NN)c1[N+](=O)[O-]. The summed E-state index contributed by atoms with van der Waals surface area (Å²) < 4.78 is 5.48. The molecule has 0 atom stereocenters. The molecular weight excluding hydrogens is 234 g/mol. The molecule has 0 heterocycles. The van der Waals surface area contributed by atoms with Gasteiger partial charge in [-0.2, -0.15) is 0 Å². The Bertz CT molecular complexity index is 427. The molecule has 6 nitrogen and oxygen atoms in total. The molecule has 0 aromatic heterocycles. The van der Waals surface area contributed by atoms with Gasteiger partial charge in [0.05, 0.1) is 11.5 Å². The molecule has 0 aliphatic carbocycles. The highest BCUT2D eigenvalue weighted by Crippen LogP contribution is 2.34. The predicted molar refractivity (Wildman–Crippen MR) is 70.5 cm³/mol. The van der Waals surface area contributed by atoms with Crippen LogP contribution in [0.5, 0.6) is 5.75 Å². The number of nitro benzene ring substituents is 1. The van der Waals surface area contributed by atoms with Gasteiger partial charge in [-0.05, 0) is 24.0 Å². The number of nitrogens with two attached hydrogens (primary N) is 1. The molecule has 0 aliphatic heterocycles. The third-order valence-corrected chi connectivity index (χ3v) is 2.45. The summed E-state index contributed by atoms with van der Waals surface area (Å²) in [6.07, 6.45) is 0.810. The fourth-order valence-electron chi connectivity index (χ4n) is 1.41. The number of para-hydroxylation sites is 1. The van der Waals surface area contributed by atoms with Gasteiger partial charge in [0.2, 0.25) is 0 Å². The van der Waals surface area contributed by atoms with Gasteiger partial charge >= 0.3 is 5.69 Å². The second kappa shape index (κ2) is 5.68. The van der Waals surface area contributed by atoms with Gasteiger partial charge in [-0.1, -0.05) is 26.8 Å². The molecule has 6 heteroatoms. The van der Waals surface area contributed by atoms with Crippen molar-refractivity contribution < 1.29 is 9.66 Å². The van der Waals surface area contributed by atoms with Crippen molar-refractivity contribution in [3.8, 4) is 5.75 Å².